The van der Waals surface area contributed by atoms with Gasteiger partial charge in [0.25, 0.3) is 11.5 Å². The van der Waals surface area contributed by atoms with Crippen molar-refractivity contribution in [2.75, 3.05) is 23.5 Å². The molecule has 0 bridgehead atoms. The Labute approximate surface area is 170 Å². The first-order valence-electron chi connectivity index (χ1n) is 9.32. The molecular formula is C21H18N4O3S. The molecule has 2 aliphatic rings. The first-order chi connectivity index (χ1) is 14.2. The van der Waals surface area contributed by atoms with Gasteiger partial charge < -0.3 is 15.0 Å². The van der Waals surface area contributed by atoms with Gasteiger partial charge in [0.2, 0.25) is 0 Å². The maximum Gasteiger partial charge on any atom is 0.272 e. The fourth-order valence-corrected chi connectivity index (χ4v) is 4.65. The summed E-state index contributed by atoms with van der Waals surface area (Å²) in [6.07, 6.45) is 0. The van der Waals surface area contributed by atoms with Gasteiger partial charge in [0, 0.05) is 16.9 Å². The second-order valence-electron chi connectivity index (χ2n) is 6.73. The van der Waals surface area contributed by atoms with Gasteiger partial charge in [0.05, 0.1) is 12.2 Å². The molecule has 0 saturated carbocycles. The van der Waals surface area contributed by atoms with Crippen molar-refractivity contribution in [3.63, 3.8) is 0 Å². The van der Waals surface area contributed by atoms with Crippen LogP contribution in [0.15, 0.2) is 58.3 Å². The second kappa shape index (κ2) is 6.89. The maximum absolute atomic E-state index is 13.2. The molecule has 29 heavy (non-hydrogen) atoms. The second-order valence-corrected chi connectivity index (χ2v) is 7.71. The highest BCUT2D eigenvalue weighted by molar-refractivity contribution is 7.07. The first kappa shape index (κ1) is 17.7. The minimum atomic E-state index is -0.273. The number of carbonyl (C=O) groups excluding carboxylic acids is 1. The summed E-state index contributed by atoms with van der Waals surface area (Å²) in [6.45, 7) is 3.30. The molecule has 1 amide bonds. The van der Waals surface area contributed by atoms with Crippen molar-refractivity contribution in [2.45, 2.75) is 13.6 Å². The smallest absolute Gasteiger partial charge is 0.272 e. The molecular weight excluding hydrogens is 388 g/mol. The predicted octanol–water partition coefficient (Wildman–Crippen LogP) is 1.51. The van der Waals surface area contributed by atoms with Crippen molar-refractivity contribution in [2.24, 2.45) is 4.99 Å². The lowest BCUT2D eigenvalue weighted by Crippen LogP contribution is -2.43. The number of rotatable bonds is 3. The fraction of sp³-hybridized carbons (Fsp3) is 0.190. The summed E-state index contributed by atoms with van der Waals surface area (Å²) in [5, 5.41) is 2.84. The van der Waals surface area contributed by atoms with Crippen LogP contribution >= 0.6 is 11.3 Å². The van der Waals surface area contributed by atoms with Crippen molar-refractivity contribution in [3.8, 4) is 5.75 Å². The van der Waals surface area contributed by atoms with Crippen molar-refractivity contribution in [1.82, 2.24) is 4.57 Å². The molecule has 0 atom stereocenters. The number of aromatic nitrogens is 1. The van der Waals surface area contributed by atoms with Crippen LogP contribution in [0.3, 0.4) is 0 Å². The molecule has 2 aromatic carbocycles. The van der Waals surface area contributed by atoms with Crippen LogP contribution in [0.25, 0.3) is 5.57 Å². The highest BCUT2D eigenvalue weighted by Crippen LogP contribution is 2.33. The topological polar surface area (TPSA) is 75.9 Å². The molecule has 0 saturated heterocycles. The van der Waals surface area contributed by atoms with Gasteiger partial charge in [-0.15, -0.1) is 0 Å². The van der Waals surface area contributed by atoms with Crippen molar-refractivity contribution in [1.29, 1.82) is 0 Å². The molecule has 7 nitrogen and oxygen atoms in total. The normalized spacial score (nSPS) is 16.7. The zero-order valence-electron chi connectivity index (χ0n) is 15.7. The molecule has 146 valence electrons. The number of para-hydroxylation sites is 1. The quantitative estimate of drug-likeness (QED) is 0.716. The van der Waals surface area contributed by atoms with E-state index in [0.717, 1.165) is 5.69 Å². The number of hydrogen-bond donors (Lipinski definition) is 1. The molecule has 0 unspecified atom stereocenters. The predicted molar refractivity (Wildman–Crippen MR) is 112 cm³/mol. The van der Waals surface area contributed by atoms with E-state index >= 15 is 0 Å². The largest absolute Gasteiger partial charge is 0.494 e. The summed E-state index contributed by atoms with van der Waals surface area (Å²) < 4.78 is 7.60. The molecule has 8 heteroatoms. The van der Waals surface area contributed by atoms with Crippen molar-refractivity contribution in [3.05, 3.63) is 73.8 Å². The van der Waals surface area contributed by atoms with Gasteiger partial charge in [0.15, 0.2) is 4.80 Å². The molecule has 0 aliphatic carbocycles. The number of thiazole rings is 1. The van der Waals surface area contributed by atoms with Crippen LogP contribution < -0.4 is 29.8 Å². The number of amides is 1. The zero-order valence-corrected chi connectivity index (χ0v) is 16.5. The lowest BCUT2D eigenvalue weighted by Gasteiger charge is -2.25. The number of ether oxygens (including phenoxy) is 1. The summed E-state index contributed by atoms with van der Waals surface area (Å²) in [5.74, 6) is 0.395. The van der Waals surface area contributed by atoms with Gasteiger partial charge in [-0.3, -0.25) is 14.2 Å². The molecule has 0 radical (unpaired) electrons. The van der Waals surface area contributed by atoms with Crippen LogP contribution in [0, 0.1) is 0 Å². The number of fused-ring (bicyclic) bond motifs is 2. The number of nitrogens with one attached hydrogen (secondary N) is 1. The zero-order chi connectivity index (χ0) is 20.0. The van der Waals surface area contributed by atoms with Crippen LogP contribution in [0.4, 0.5) is 11.4 Å². The minimum absolute atomic E-state index is 0.200. The van der Waals surface area contributed by atoms with E-state index in [1.165, 1.54) is 11.3 Å². The number of benzene rings is 2. The Morgan fingerprint density at radius 1 is 1.17 bits per heavy atom. The number of nitrogens with zero attached hydrogens (tertiary/aromatic N) is 3. The van der Waals surface area contributed by atoms with E-state index in [9.17, 15) is 9.59 Å². The van der Waals surface area contributed by atoms with Crippen molar-refractivity contribution < 1.29 is 9.53 Å². The summed E-state index contributed by atoms with van der Waals surface area (Å²) >= 11 is 1.26. The van der Waals surface area contributed by atoms with E-state index in [1.807, 2.05) is 54.3 Å². The van der Waals surface area contributed by atoms with Crippen molar-refractivity contribution >= 4 is 34.2 Å². The molecule has 2 aliphatic heterocycles. The number of hydrogen-bond acceptors (Lipinski definition) is 6. The average Bonchev–Trinajstić information content (AvgIpc) is 3.24. The van der Waals surface area contributed by atoms with E-state index in [1.54, 1.807) is 10.6 Å². The van der Waals surface area contributed by atoms with E-state index in [2.05, 4.69) is 10.3 Å². The summed E-state index contributed by atoms with van der Waals surface area (Å²) in [6, 6.07) is 15.3. The summed E-state index contributed by atoms with van der Waals surface area (Å²) in [4.78, 5) is 33.1. The molecule has 1 aromatic heterocycles. The molecule has 5 rings (SSSR count). The Morgan fingerprint density at radius 3 is 2.79 bits per heavy atom. The maximum atomic E-state index is 13.2. The molecule has 1 N–H and O–H groups in total. The van der Waals surface area contributed by atoms with E-state index in [0.29, 0.717) is 51.9 Å². The summed E-state index contributed by atoms with van der Waals surface area (Å²) in [5.41, 5.74) is 2.57. The van der Waals surface area contributed by atoms with Gasteiger partial charge in [-0.25, -0.2) is 4.99 Å². The Balaban J connectivity index is 1.64. The van der Waals surface area contributed by atoms with E-state index in [-0.39, 0.29) is 11.5 Å². The highest BCUT2D eigenvalue weighted by atomic mass is 32.1. The van der Waals surface area contributed by atoms with Crippen LogP contribution in [0.5, 0.6) is 5.75 Å². The number of anilines is 2. The van der Waals surface area contributed by atoms with E-state index < -0.39 is 0 Å². The first-order valence-corrected chi connectivity index (χ1v) is 10.1. The van der Waals surface area contributed by atoms with Crippen LogP contribution in [0.1, 0.15) is 12.5 Å². The van der Waals surface area contributed by atoms with E-state index in [4.69, 9.17) is 4.74 Å². The Kier molecular flexibility index (Phi) is 4.21. The van der Waals surface area contributed by atoms with Gasteiger partial charge in [0.1, 0.15) is 23.6 Å². The monoisotopic (exact) mass is 406 g/mol. The van der Waals surface area contributed by atoms with Gasteiger partial charge in [-0.2, -0.15) is 0 Å². The van der Waals surface area contributed by atoms with Crippen LogP contribution in [-0.4, -0.2) is 23.7 Å². The Bertz CT molecular complexity index is 1290. The lowest BCUT2D eigenvalue weighted by molar-refractivity contribution is -0.110. The van der Waals surface area contributed by atoms with Crippen LogP contribution in [0.2, 0.25) is 0 Å². The molecule has 0 fully saturated rings. The SMILES string of the molecule is CCOc1ccc2c(c1)/C(=c1\sc3n(c1=O)CN(c1ccccc1)CN=3)C(=O)N2. The van der Waals surface area contributed by atoms with Crippen LogP contribution in [-0.2, 0) is 11.5 Å². The van der Waals surface area contributed by atoms with Gasteiger partial charge >= 0.3 is 0 Å². The summed E-state index contributed by atoms with van der Waals surface area (Å²) in [7, 11) is 0. The average molecular weight is 406 g/mol. The third kappa shape index (κ3) is 2.92. The Hall–Kier alpha value is -3.39. The van der Waals surface area contributed by atoms with Gasteiger partial charge in [-0.1, -0.05) is 29.5 Å². The number of carbonyl (C=O) groups is 1. The lowest BCUT2D eigenvalue weighted by atomic mass is 10.1. The molecule has 0 spiro atoms. The standard InChI is InChI=1S/C21H18N4O3S/c1-2-28-14-8-9-16-15(10-14)17(19(26)23-16)18-20(27)25-12-24(11-22-21(25)29-18)13-6-4-3-5-7-13/h3-10H,2,11-12H2,1H3,(H,23,26)/b18-17+. The highest BCUT2D eigenvalue weighted by Gasteiger charge is 2.28. The third-order valence-corrected chi connectivity index (χ3v) is 6.06. The molecule has 3 aromatic rings. The molecule has 3 heterocycles. The third-order valence-electron chi connectivity index (χ3n) is 4.95. The van der Waals surface area contributed by atoms with Gasteiger partial charge in [-0.05, 0) is 37.3 Å². The minimum Gasteiger partial charge on any atom is -0.494 e. The Morgan fingerprint density at radius 2 is 2.00 bits per heavy atom. The fourth-order valence-electron chi connectivity index (χ4n) is 3.59.